The van der Waals surface area contributed by atoms with Crippen molar-refractivity contribution in [3.63, 3.8) is 0 Å². The van der Waals surface area contributed by atoms with Crippen molar-refractivity contribution in [3.8, 4) is 5.75 Å². The van der Waals surface area contributed by atoms with E-state index in [1.807, 2.05) is 61.5 Å². The van der Waals surface area contributed by atoms with Gasteiger partial charge in [0.15, 0.2) is 0 Å². The van der Waals surface area contributed by atoms with Gasteiger partial charge in [0.05, 0.1) is 35.3 Å². The number of phenolic OH excluding ortho intramolecular Hbond substituents is 1. The highest BCUT2D eigenvalue weighted by Crippen LogP contribution is 2.64. The maximum Gasteiger partial charge on any atom is 0.305 e. The molecular formula is C36H33N3O7. The van der Waals surface area contributed by atoms with Gasteiger partial charge in [0.1, 0.15) is 5.75 Å². The molecule has 6 atom stereocenters. The first kappa shape index (κ1) is 29.5. The minimum Gasteiger partial charge on any atom is -0.508 e. The lowest BCUT2D eigenvalue weighted by Gasteiger charge is -2.50. The summed E-state index contributed by atoms with van der Waals surface area (Å²) in [4.78, 5) is 69.3. The van der Waals surface area contributed by atoms with Gasteiger partial charge in [0.2, 0.25) is 11.8 Å². The average molecular weight is 620 g/mol. The summed E-state index contributed by atoms with van der Waals surface area (Å²) in [5, 5.41) is 21.0. The Morgan fingerprint density at radius 1 is 0.913 bits per heavy atom. The molecule has 3 aromatic rings. The molecule has 2 saturated heterocycles. The van der Waals surface area contributed by atoms with Crippen molar-refractivity contribution < 1.29 is 34.2 Å². The number of hydrogen-bond acceptors (Lipinski definition) is 7. The van der Waals surface area contributed by atoms with Crippen molar-refractivity contribution in [2.75, 3.05) is 12.0 Å². The molecule has 3 fully saturated rings. The fraction of sp³-hybridized carbons (Fsp3) is 0.306. The summed E-state index contributed by atoms with van der Waals surface area (Å²) in [5.41, 5.74) is 5.23. The zero-order valence-corrected chi connectivity index (χ0v) is 25.1. The average Bonchev–Trinajstić information content (AvgIpc) is 3.42. The van der Waals surface area contributed by atoms with E-state index < -0.39 is 64.6 Å². The van der Waals surface area contributed by atoms with Crippen LogP contribution in [0, 0.1) is 30.6 Å². The molecule has 10 heteroatoms. The molecule has 234 valence electrons. The number of nitrogens with zero attached hydrogens (tertiary/aromatic N) is 2. The number of carbonyl (C=O) groups excluding carboxylic acids is 4. The number of nitrogens with one attached hydrogen (secondary N) is 1. The number of allylic oxidation sites excluding steroid dienone is 2. The molecule has 6 unspecified atom stereocenters. The lowest BCUT2D eigenvalue weighted by Crippen LogP contribution is -2.53. The van der Waals surface area contributed by atoms with E-state index >= 15 is 4.79 Å². The third-order valence-corrected chi connectivity index (χ3v) is 10.2. The molecule has 4 amide bonds. The number of benzene rings is 3. The lowest BCUT2D eigenvalue weighted by molar-refractivity contribution is -0.143. The number of aromatic hydroxyl groups is 1. The predicted molar refractivity (Wildman–Crippen MR) is 166 cm³/mol. The van der Waals surface area contributed by atoms with Crippen LogP contribution in [-0.4, -0.2) is 56.3 Å². The maximum atomic E-state index is 15.0. The van der Waals surface area contributed by atoms with E-state index in [0.29, 0.717) is 16.8 Å². The quantitative estimate of drug-likeness (QED) is 0.264. The smallest absolute Gasteiger partial charge is 0.305 e. The number of fused-ring (bicyclic) bond motifs is 4. The Morgan fingerprint density at radius 3 is 2.35 bits per heavy atom. The zero-order chi connectivity index (χ0) is 32.3. The summed E-state index contributed by atoms with van der Waals surface area (Å²) in [7, 11) is 0. The first-order chi connectivity index (χ1) is 22.1. The van der Waals surface area contributed by atoms with Crippen LogP contribution in [0.4, 0.5) is 5.69 Å². The molecule has 2 heterocycles. The van der Waals surface area contributed by atoms with Crippen molar-refractivity contribution in [1.82, 2.24) is 9.91 Å². The van der Waals surface area contributed by atoms with Crippen LogP contribution < -0.4 is 5.43 Å². The van der Waals surface area contributed by atoms with Crippen LogP contribution in [0.5, 0.6) is 5.75 Å². The number of aryl methyl sites for hydroxylation is 1. The van der Waals surface area contributed by atoms with E-state index in [1.165, 1.54) is 6.07 Å². The molecule has 0 bridgehead atoms. The fourth-order valence-electron chi connectivity index (χ4n) is 8.32. The Hall–Kier alpha value is -5.25. The van der Waals surface area contributed by atoms with Gasteiger partial charge in [-0.15, -0.1) is 0 Å². The van der Waals surface area contributed by atoms with E-state index in [0.717, 1.165) is 21.0 Å². The number of phenols is 1. The highest BCUT2D eigenvalue weighted by atomic mass is 16.4. The molecule has 4 aliphatic rings. The summed E-state index contributed by atoms with van der Waals surface area (Å²) in [6.07, 6.45) is 1.95. The minimum atomic E-state index is -1.42. The minimum absolute atomic E-state index is 0.00736. The van der Waals surface area contributed by atoms with Crippen LogP contribution in [0.25, 0.3) is 0 Å². The van der Waals surface area contributed by atoms with Gasteiger partial charge in [-0.1, -0.05) is 71.8 Å². The van der Waals surface area contributed by atoms with Gasteiger partial charge < -0.3 is 10.2 Å². The first-order valence-electron chi connectivity index (χ1n) is 15.5. The predicted octanol–water partition coefficient (Wildman–Crippen LogP) is 4.16. The van der Waals surface area contributed by atoms with E-state index in [4.69, 9.17) is 0 Å². The monoisotopic (exact) mass is 619 g/mol. The summed E-state index contributed by atoms with van der Waals surface area (Å²) < 4.78 is 0. The fourth-order valence-corrected chi connectivity index (χ4v) is 8.32. The molecule has 1 saturated carbocycles. The standard InChI is InChI=1S/C36H33N3O7/c1-20-10-12-23(13-11-20)37-39-33(44)28-19-27-25(14-15-26-30(27)34(45)38(32(26)43)17-16-29(41)42)31(21-6-5-9-24(40)18-21)36(28,35(39)46)22-7-3-2-4-8-22/h2-14,18,26-28,30-31,37,40H,15-17,19H2,1H3,(H,41,42). The van der Waals surface area contributed by atoms with Crippen LogP contribution in [0.3, 0.4) is 0 Å². The summed E-state index contributed by atoms with van der Waals surface area (Å²) in [5.74, 6) is -6.55. The van der Waals surface area contributed by atoms with E-state index in [1.54, 1.807) is 24.3 Å². The second-order valence-corrected chi connectivity index (χ2v) is 12.7. The number of hydrogen-bond donors (Lipinski definition) is 3. The van der Waals surface area contributed by atoms with Crippen LogP contribution in [0.15, 0.2) is 90.5 Å². The van der Waals surface area contributed by atoms with Gasteiger partial charge in [0.25, 0.3) is 11.8 Å². The number of hydrazine groups is 1. The normalized spacial score (nSPS) is 28.5. The van der Waals surface area contributed by atoms with E-state index in [9.17, 15) is 29.4 Å². The van der Waals surface area contributed by atoms with Crippen molar-refractivity contribution in [2.45, 2.75) is 37.5 Å². The van der Waals surface area contributed by atoms with Gasteiger partial charge in [-0.05, 0) is 61.1 Å². The molecule has 3 N–H and O–H groups in total. The number of aliphatic carboxylic acids is 1. The first-order valence-corrected chi connectivity index (χ1v) is 15.5. The third-order valence-electron chi connectivity index (χ3n) is 10.2. The van der Waals surface area contributed by atoms with Crippen LogP contribution in [-0.2, 0) is 29.4 Å². The Kier molecular flexibility index (Phi) is 7.03. The summed E-state index contributed by atoms with van der Waals surface area (Å²) in [6, 6.07) is 23.1. The molecular weight excluding hydrogens is 586 g/mol. The number of carboxylic acids is 1. The second-order valence-electron chi connectivity index (χ2n) is 12.7. The van der Waals surface area contributed by atoms with Crippen LogP contribution in [0.2, 0.25) is 0 Å². The van der Waals surface area contributed by atoms with Gasteiger partial charge in [-0.2, -0.15) is 5.01 Å². The number of anilines is 1. The number of likely N-dealkylation sites (tertiary alicyclic amines) is 1. The molecule has 3 aromatic carbocycles. The molecule has 10 nitrogen and oxygen atoms in total. The SMILES string of the molecule is Cc1ccc(NN2C(=O)C3CC4C(=CCC5C(=O)N(CCC(=O)O)C(=O)C54)C(c4cccc(O)c4)C3(c3ccccc3)C2=O)cc1. The number of amides is 4. The van der Waals surface area contributed by atoms with Crippen molar-refractivity contribution in [3.05, 3.63) is 107 Å². The third kappa shape index (κ3) is 4.34. The van der Waals surface area contributed by atoms with Gasteiger partial charge in [-0.25, -0.2) is 0 Å². The largest absolute Gasteiger partial charge is 0.508 e. The van der Waals surface area contributed by atoms with Crippen molar-refractivity contribution >= 4 is 35.3 Å². The highest BCUT2D eigenvalue weighted by molar-refractivity contribution is 6.13. The van der Waals surface area contributed by atoms with Crippen LogP contribution >= 0.6 is 0 Å². The molecule has 0 aromatic heterocycles. The van der Waals surface area contributed by atoms with E-state index in [2.05, 4.69) is 5.43 Å². The number of imide groups is 2. The van der Waals surface area contributed by atoms with E-state index in [-0.39, 0.29) is 31.6 Å². The Labute approximate surface area is 265 Å². The van der Waals surface area contributed by atoms with Gasteiger partial charge in [0, 0.05) is 12.5 Å². The number of carboxylic acid groups (broad SMARTS) is 1. The Balaban J connectivity index is 1.41. The molecule has 0 radical (unpaired) electrons. The second kappa shape index (κ2) is 11.0. The van der Waals surface area contributed by atoms with Gasteiger partial charge >= 0.3 is 5.97 Å². The zero-order valence-electron chi connectivity index (χ0n) is 25.1. The summed E-state index contributed by atoms with van der Waals surface area (Å²) >= 11 is 0. The molecule has 2 aliphatic carbocycles. The van der Waals surface area contributed by atoms with Crippen molar-refractivity contribution in [2.24, 2.45) is 23.7 Å². The maximum absolute atomic E-state index is 15.0. The summed E-state index contributed by atoms with van der Waals surface area (Å²) in [6.45, 7) is 1.72. The van der Waals surface area contributed by atoms with Crippen LogP contribution in [0.1, 0.15) is 41.9 Å². The molecule has 2 aliphatic heterocycles. The number of carbonyl (C=O) groups is 5. The highest BCUT2D eigenvalue weighted by Gasteiger charge is 2.70. The molecule has 7 rings (SSSR count). The number of rotatable bonds is 7. The Bertz CT molecular complexity index is 1800. The molecule has 0 spiro atoms. The topological polar surface area (TPSA) is 144 Å². The lowest BCUT2D eigenvalue weighted by atomic mass is 9.49. The Morgan fingerprint density at radius 2 is 1.65 bits per heavy atom. The van der Waals surface area contributed by atoms with Gasteiger partial charge in [-0.3, -0.25) is 34.3 Å². The molecule has 46 heavy (non-hydrogen) atoms. The van der Waals surface area contributed by atoms with Crippen molar-refractivity contribution in [1.29, 1.82) is 0 Å².